The van der Waals surface area contributed by atoms with Crippen molar-refractivity contribution in [3.63, 3.8) is 0 Å². The number of ketones is 1. The number of Topliss-reactive ketones (excluding diaryl/α,β-unsaturated/α-hetero) is 1. The van der Waals surface area contributed by atoms with Gasteiger partial charge < -0.3 is 14.6 Å². The Morgan fingerprint density at radius 3 is 2.56 bits per heavy atom. The molecule has 1 aliphatic heterocycles. The summed E-state index contributed by atoms with van der Waals surface area (Å²) < 4.78 is 11.5. The van der Waals surface area contributed by atoms with Gasteiger partial charge in [-0.2, -0.15) is 0 Å². The van der Waals surface area contributed by atoms with Gasteiger partial charge in [-0.15, -0.1) is 0 Å². The first-order valence-corrected chi connectivity index (χ1v) is 8.53. The van der Waals surface area contributed by atoms with Crippen molar-refractivity contribution in [3.8, 4) is 17.2 Å². The molecule has 1 unspecified atom stereocenters. The van der Waals surface area contributed by atoms with Crippen LogP contribution >= 0.6 is 0 Å². The third-order valence-electron chi connectivity index (χ3n) is 5.21. The zero-order valence-electron chi connectivity index (χ0n) is 15.1. The summed E-state index contributed by atoms with van der Waals surface area (Å²) in [6.45, 7) is 6.41. The van der Waals surface area contributed by atoms with Crippen molar-refractivity contribution in [2.24, 2.45) is 0 Å². The van der Waals surface area contributed by atoms with Gasteiger partial charge in [-0.05, 0) is 49.2 Å². The fourth-order valence-electron chi connectivity index (χ4n) is 3.19. The summed E-state index contributed by atoms with van der Waals surface area (Å²) in [6, 6.07) is 10.4. The van der Waals surface area contributed by atoms with Crippen molar-refractivity contribution in [3.05, 3.63) is 53.1 Å². The molecule has 1 aliphatic rings. The van der Waals surface area contributed by atoms with E-state index in [1.807, 2.05) is 6.07 Å². The number of benzene rings is 2. The third kappa shape index (κ3) is 3.21. The molecule has 0 bridgehead atoms. The Balaban J connectivity index is 1.82. The molecule has 4 heteroatoms. The standard InChI is InChI=1S/C21H24O4/c1-13-21(2,3)17-11-15(19(24-4)12-20(17)25-13)7-10-18(23)14-5-8-16(22)9-6-14/h5-6,8-9,11-13,22H,7,10H2,1-4H3. The Kier molecular flexibility index (Phi) is 4.46. The highest BCUT2D eigenvalue weighted by Gasteiger charge is 2.39. The van der Waals surface area contributed by atoms with Crippen molar-refractivity contribution >= 4 is 5.78 Å². The number of ether oxygens (including phenoxy) is 2. The molecule has 1 heterocycles. The van der Waals surface area contributed by atoms with Gasteiger partial charge in [0.15, 0.2) is 5.78 Å². The highest BCUT2D eigenvalue weighted by atomic mass is 16.5. The van der Waals surface area contributed by atoms with Gasteiger partial charge in [0, 0.05) is 29.0 Å². The first-order chi connectivity index (χ1) is 11.8. The third-order valence-corrected chi connectivity index (χ3v) is 5.21. The molecule has 3 rings (SSSR count). The smallest absolute Gasteiger partial charge is 0.163 e. The van der Waals surface area contributed by atoms with Crippen LogP contribution in [-0.2, 0) is 11.8 Å². The van der Waals surface area contributed by atoms with Crippen molar-refractivity contribution in [2.75, 3.05) is 7.11 Å². The molecule has 1 N–H and O–H groups in total. The van der Waals surface area contributed by atoms with Crippen LogP contribution < -0.4 is 9.47 Å². The summed E-state index contributed by atoms with van der Waals surface area (Å²) in [7, 11) is 1.64. The summed E-state index contributed by atoms with van der Waals surface area (Å²) in [5.41, 5.74) is 2.71. The van der Waals surface area contributed by atoms with E-state index in [4.69, 9.17) is 9.47 Å². The number of fused-ring (bicyclic) bond motifs is 1. The number of carbonyl (C=O) groups is 1. The Hall–Kier alpha value is -2.49. The Morgan fingerprint density at radius 2 is 1.92 bits per heavy atom. The maximum atomic E-state index is 12.4. The SMILES string of the molecule is COc1cc2c(cc1CCC(=O)c1ccc(O)cc1)C(C)(C)C(C)O2. The lowest BCUT2D eigenvalue weighted by molar-refractivity contribution is 0.0982. The van der Waals surface area contributed by atoms with Gasteiger partial charge in [-0.3, -0.25) is 4.79 Å². The van der Waals surface area contributed by atoms with E-state index in [9.17, 15) is 9.90 Å². The molecule has 0 aliphatic carbocycles. The number of phenolic OH excluding ortho intramolecular Hbond substituents is 1. The van der Waals surface area contributed by atoms with Crippen molar-refractivity contribution in [1.29, 1.82) is 0 Å². The number of aromatic hydroxyl groups is 1. The minimum absolute atomic E-state index is 0.0476. The summed E-state index contributed by atoms with van der Waals surface area (Å²) >= 11 is 0. The van der Waals surface area contributed by atoms with E-state index >= 15 is 0 Å². The van der Waals surface area contributed by atoms with Gasteiger partial charge >= 0.3 is 0 Å². The first-order valence-electron chi connectivity index (χ1n) is 8.53. The maximum absolute atomic E-state index is 12.4. The van der Waals surface area contributed by atoms with Gasteiger partial charge in [0.2, 0.25) is 0 Å². The van der Waals surface area contributed by atoms with Gasteiger partial charge in [0.25, 0.3) is 0 Å². The fraction of sp³-hybridized carbons (Fsp3) is 0.381. The second-order valence-corrected chi connectivity index (χ2v) is 7.11. The predicted octanol–water partition coefficient (Wildman–Crippen LogP) is 4.27. The quantitative estimate of drug-likeness (QED) is 0.826. The summed E-state index contributed by atoms with van der Waals surface area (Å²) in [6.07, 6.45) is 1.08. The number of rotatable bonds is 5. The zero-order chi connectivity index (χ0) is 18.2. The number of hydrogen-bond acceptors (Lipinski definition) is 4. The van der Waals surface area contributed by atoms with Gasteiger partial charge in [0.05, 0.1) is 7.11 Å². The van der Waals surface area contributed by atoms with Crippen LogP contribution in [0.3, 0.4) is 0 Å². The average Bonchev–Trinajstić information content (AvgIpc) is 2.81. The van der Waals surface area contributed by atoms with Crippen LogP contribution in [0.15, 0.2) is 36.4 Å². The van der Waals surface area contributed by atoms with Crippen LogP contribution in [0.5, 0.6) is 17.2 Å². The molecule has 0 fully saturated rings. The highest BCUT2D eigenvalue weighted by Crippen LogP contribution is 2.45. The molecule has 0 saturated heterocycles. The Labute approximate surface area is 148 Å². The molecule has 2 aromatic carbocycles. The van der Waals surface area contributed by atoms with Crippen molar-refractivity contribution < 1.29 is 19.4 Å². The lowest BCUT2D eigenvalue weighted by Crippen LogP contribution is -2.28. The minimum Gasteiger partial charge on any atom is -0.508 e. The van der Waals surface area contributed by atoms with E-state index in [1.165, 1.54) is 12.1 Å². The molecule has 0 spiro atoms. The first kappa shape index (κ1) is 17.3. The van der Waals surface area contributed by atoms with E-state index < -0.39 is 0 Å². The molecule has 1 atom stereocenters. The number of hydrogen-bond donors (Lipinski definition) is 1. The predicted molar refractivity (Wildman–Crippen MR) is 96.9 cm³/mol. The molecule has 25 heavy (non-hydrogen) atoms. The van der Waals surface area contributed by atoms with Crippen LogP contribution in [0, 0.1) is 0 Å². The molecular formula is C21H24O4. The van der Waals surface area contributed by atoms with Crippen LogP contribution in [0.25, 0.3) is 0 Å². The molecule has 0 amide bonds. The number of methoxy groups -OCH3 is 1. The molecule has 132 valence electrons. The lowest BCUT2D eigenvalue weighted by Gasteiger charge is -2.22. The Bertz CT molecular complexity index is 790. The molecule has 0 radical (unpaired) electrons. The maximum Gasteiger partial charge on any atom is 0.163 e. The van der Waals surface area contributed by atoms with E-state index in [0.717, 1.165) is 22.6 Å². The molecule has 2 aromatic rings. The van der Waals surface area contributed by atoms with Gasteiger partial charge in [-0.25, -0.2) is 0 Å². The second kappa shape index (κ2) is 6.43. The largest absolute Gasteiger partial charge is 0.508 e. The number of phenols is 1. The monoisotopic (exact) mass is 340 g/mol. The van der Waals surface area contributed by atoms with E-state index in [2.05, 4.69) is 26.8 Å². The Morgan fingerprint density at radius 1 is 1.24 bits per heavy atom. The topological polar surface area (TPSA) is 55.8 Å². The highest BCUT2D eigenvalue weighted by molar-refractivity contribution is 5.96. The second-order valence-electron chi connectivity index (χ2n) is 7.11. The molecule has 4 nitrogen and oxygen atoms in total. The van der Waals surface area contributed by atoms with Crippen molar-refractivity contribution in [1.82, 2.24) is 0 Å². The van der Waals surface area contributed by atoms with Crippen LogP contribution in [0.2, 0.25) is 0 Å². The molecule has 0 aromatic heterocycles. The fourth-order valence-corrected chi connectivity index (χ4v) is 3.19. The zero-order valence-corrected chi connectivity index (χ0v) is 15.1. The van der Waals surface area contributed by atoms with Crippen LogP contribution in [-0.4, -0.2) is 24.1 Å². The number of aryl methyl sites for hydroxylation is 1. The average molecular weight is 340 g/mol. The summed E-state index contributed by atoms with van der Waals surface area (Å²) in [5, 5.41) is 9.34. The summed E-state index contributed by atoms with van der Waals surface area (Å²) in [5.74, 6) is 1.82. The number of carbonyl (C=O) groups excluding carboxylic acids is 1. The van der Waals surface area contributed by atoms with Crippen LogP contribution in [0.1, 0.15) is 48.7 Å². The van der Waals surface area contributed by atoms with E-state index in [1.54, 1.807) is 19.2 Å². The van der Waals surface area contributed by atoms with Crippen molar-refractivity contribution in [2.45, 2.75) is 45.1 Å². The minimum atomic E-state index is -0.0721. The summed E-state index contributed by atoms with van der Waals surface area (Å²) in [4.78, 5) is 12.4. The van der Waals surface area contributed by atoms with Gasteiger partial charge in [0.1, 0.15) is 23.4 Å². The van der Waals surface area contributed by atoms with E-state index in [-0.39, 0.29) is 23.1 Å². The molecular weight excluding hydrogens is 316 g/mol. The van der Waals surface area contributed by atoms with Gasteiger partial charge in [-0.1, -0.05) is 13.8 Å². The van der Waals surface area contributed by atoms with E-state index in [0.29, 0.717) is 18.4 Å². The normalized spacial score (nSPS) is 17.7. The molecule has 0 saturated carbocycles. The van der Waals surface area contributed by atoms with Crippen LogP contribution in [0.4, 0.5) is 0 Å². The lowest BCUT2D eigenvalue weighted by atomic mass is 9.81.